The topological polar surface area (TPSA) is 66.4 Å². The van der Waals surface area contributed by atoms with Crippen LogP contribution in [0, 0.1) is 11.6 Å². The number of carboxylic acid groups (broad SMARTS) is 1. The van der Waals surface area contributed by atoms with E-state index in [1.165, 1.54) is 30.3 Å². The third-order valence-electron chi connectivity index (χ3n) is 2.74. The highest BCUT2D eigenvalue weighted by atomic mass is 19.2. The van der Waals surface area contributed by atoms with E-state index in [1.807, 2.05) is 0 Å². The Labute approximate surface area is 119 Å². The average Bonchev–Trinajstić information content (AvgIpc) is 2.43. The Kier molecular flexibility index (Phi) is 4.27. The van der Waals surface area contributed by atoms with Crippen LogP contribution in [0.1, 0.15) is 15.9 Å². The molecule has 0 spiro atoms. The molecule has 0 aromatic heterocycles. The first kappa shape index (κ1) is 14.6. The summed E-state index contributed by atoms with van der Waals surface area (Å²) in [7, 11) is 0. The van der Waals surface area contributed by atoms with Crippen molar-refractivity contribution in [2.45, 2.75) is 6.42 Å². The zero-order valence-electron chi connectivity index (χ0n) is 10.8. The Morgan fingerprint density at radius 3 is 2.48 bits per heavy atom. The van der Waals surface area contributed by atoms with Gasteiger partial charge in [0.25, 0.3) is 0 Å². The molecule has 0 fully saturated rings. The number of carbonyl (C=O) groups is 2. The fourth-order valence-corrected chi connectivity index (χ4v) is 1.77. The average molecular weight is 291 g/mol. The van der Waals surface area contributed by atoms with Crippen LogP contribution >= 0.6 is 0 Å². The molecular formula is C15H11F2NO3. The lowest BCUT2D eigenvalue weighted by Crippen LogP contribution is -2.15. The number of aromatic carboxylic acids is 1. The molecular weight excluding hydrogens is 280 g/mol. The van der Waals surface area contributed by atoms with E-state index in [1.54, 1.807) is 0 Å². The molecule has 108 valence electrons. The van der Waals surface area contributed by atoms with Gasteiger partial charge in [0.05, 0.1) is 12.0 Å². The third kappa shape index (κ3) is 3.85. The fourth-order valence-electron chi connectivity index (χ4n) is 1.77. The van der Waals surface area contributed by atoms with Crippen LogP contribution in [0.3, 0.4) is 0 Å². The van der Waals surface area contributed by atoms with E-state index in [0.29, 0.717) is 11.3 Å². The minimum absolute atomic E-state index is 0.0422. The highest BCUT2D eigenvalue weighted by Gasteiger charge is 2.09. The van der Waals surface area contributed by atoms with Gasteiger partial charge in [-0.2, -0.15) is 0 Å². The van der Waals surface area contributed by atoms with Crippen molar-refractivity contribution in [3.63, 3.8) is 0 Å². The van der Waals surface area contributed by atoms with Gasteiger partial charge in [-0.1, -0.05) is 12.1 Å². The van der Waals surface area contributed by atoms with E-state index in [2.05, 4.69) is 5.32 Å². The van der Waals surface area contributed by atoms with Crippen LogP contribution in [0.15, 0.2) is 42.5 Å². The van der Waals surface area contributed by atoms with Crippen molar-refractivity contribution in [2.75, 3.05) is 5.32 Å². The van der Waals surface area contributed by atoms with Gasteiger partial charge in [-0.15, -0.1) is 0 Å². The Balaban J connectivity index is 2.06. The molecule has 6 heteroatoms. The molecule has 1 amide bonds. The second kappa shape index (κ2) is 6.13. The number of hydrogen-bond acceptors (Lipinski definition) is 2. The molecule has 2 aromatic carbocycles. The molecule has 0 atom stereocenters. The van der Waals surface area contributed by atoms with Crippen molar-refractivity contribution in [3.8, 4) is 0 Å². The molecule has 2 N–H and O–H groups in total. The summed E-state index contributed by atoms with van der Waals surface area (Å²) in [4.78, 5) is 22.6. The van der Waals surface area contributed by atoms with E-state index in [0.717, 1.165) is 12.1 Å². The second-order valence-corrected chi connectivity index (χ2v) is 4.36. The number of benzene rings is 2. The maximum Gasteiger partial charge on any atom is 0.335 e. The number of carbonyl (C=O) groups excluding carboxylic acids is 1. The zero-order chi connectivity index (χ0) is 15.4. The van der Waals surface area contributed by atoms with Crippen molar-refractivity contribution >= 4 is 17.6 Å². The first-order chi connectivity index (χ1) is 9.95. The lowest BCUT2D eigenvalue weighted by molar-refractivity contribution is -0.115. The van der Waals surface area contributed by atoms with Crippen LogP contribution in [-0.4, -0.2) is 17.0 Å². The summed E-state index contributed by atoms with van der Waals surface area (Å²) in [6.07, 6.45) is -0.144. The maximum absolute atomic E-state index is 13.0. The number of anilines is 1. The Morgan fingerprint density at radius 1 is 1.05 bits per heavy atom. The monoisotopic (exact) mass is 291 g/mol. The highest BCUT2D eigenvalue weighted by Crippen LogP contribution is 2.13. The highest BCUT2D eigenvalue weighted by molar-refractivity contribution is 5.94. The molecule has 2 aromatic rings. The Bertz CT molecular complexity index is 701. The van der Waals surface area contributed by atoms with Crippen LogP contribution in [0.5, 0.6) is 0 Å². The van der Waals surface area contributed by atoms with E-state index >= 15 is 0 Å². The maximum atomic E-state index is 13.0. The smallest absolute Gasteiger partial charge is 0.335 e. The Hall–Kier alpha value is -2.76. The fraction of sp³-hybridized carbons (Fsp3) is 0.0667. The first-order valence-electron chi connectivity index (χ1n) is 6.03. The summed E-state index contributed by atoms with van der Waals surface area (Å²) < 4.78 is 25.8. The lowest BCUT2D eigenvalue weighted by Gasteiger charge is -2.06. The largest absolute Gasteiger partial charge is 0.478 e. The van der Waals surface area contributed by atoms with Crippen molar-refractivity contribution < 1.29 is 23.5 Å². The quantitative estimate of drug-likeness (QED) is 0.910. The van der Waals surface area contributed by atoms with Crippen molar-refractivity contribution in [1.82, 2.24) is 0 Å². The van der Waals surface area contributed by atoms with Gasteiger partial charge in [0.1, 0.15) is 0 Å². The SMILES string of the molecule is O=C(Cc1ccc(F)c(F)c1)Nc1cccc(C(=O)O)c1. The summed E-state index contributed by atoms with van der Waals surface area (Å²) in [6.45, 7) is 0. The van der Waals surface area contributed by atoms with Crippen molar-refractivity contribution in [1.29, 1.82) is 0 Å². The van der Waals surface area contributed by atoms with Crippen molar-refractivity contribution in [3.05, 3.63) is 65.2 Å². The second-order valence-electron chi connectivity index (χ2n) is 4.36. The van der Waals surface area contributed by atoms with Crippen LogP contribution in [0.2, 0.25) is 0 Å². The molecule has 0 aliphatic heterocycles. The minimum atomic E-state index is -1.10. The predicted octanol–water partition coefficient (Wildman–Crippen LogP) is 2.84. The number of carboxylic acids is 1. The zero-order valence-corrected chi connectivity index (χ0v) is 10.8. The minimum Gasteiger partial charge on any atom is -0.478 e. The predicted molar refractivity (Wildman–Crippen MR) is 72.1 cm³/mol. The molecule has 2 rings (SSSR count). The number of halogens is 2. The molecule has 21 heavy (non-hydrogen) atoms. The number of amides is 1. The van der Waals surface area contributed by atoms with Gasteiger partial charge < -0.3 is 10.4 Å². The summed E-state index contributed by atoms with van der Waals surface area (Å²) in [5.41, 5.74) is 0.684. The van der Waals surface area contributed by atoms with Crippen LogP contribution in [-0.2, 0) is 11.2 Å². The van der Waals surface area contributed by atoms with Crippen LogP contribution < -0.4 is 5.32 Å². The normalized spacial score (nSPS) is 10.2. The summed E-state index contributed by atoms with van der Waals surface area (Å²) >= 11 is 0. The number of nitrogens with one attached hydrogen (secondary N) is 1. The number of hydrogen-bond donors (Lipinski definition) is 2. The summed E-state index contributed by atoms with van der Waals surface area (Å²) in [6, 6.07) is 8.95. The van der Waals surface area contributed by atoms with E-state index in [-0.39, 0.29) is 12.0 Å². The molecule has 0 aliphatic rings. The van der Waals surface area contributed by atoms with E-state index < -0.39 is 23.5 Å². The van der Waals surface area contributed by atoms with Crippen LogP contribution in [0.4, 0.5) is 14.5 Å². The van der Waals surface area contributed by atoms with Gasteiger partial charge in [0.15, 0.2) is 11.6 Å². The van der Waals surface area contributed by atoms with E-state index in [9.17, 15) is 18.4 Å². The van der Waals surface area contributed by atoms with Crippen LogP contribution in [0.25, 0.3) is 0 Å². The van der Waals surface area contributed by atoms with Gasteiger partial charge in [0.2, 0.25) is 5.91 Å². The summed E-state index contributed by atoms with van der Waals surface area (Å²) in [5.74, 6) is -3.56. The molecule has 0 saturated heterocycles. The molecule has 4 nitrogen and oxygen atoms in total. The van der Waals surface area contributed by atoms with Gasteiger partial charge in [-0.3, -0.25) is 4.79 Å². The molecule has 0 saturated carbocycles. The summed E-state index contributed by atoms with van der Waals surface area (Å²) in [5, 5.41) is 11.3. The third-order valence-corrected chi connectivity index (χ3v) is 2.74. The van der Waals surface area contributed by atoms with E-state index in [4.69, 9.17) is 5.11 Å². The van der Waals surface area contributed by atoms with Gasteiger partial charge >= 0.3 is 5.97 Å². The molecule has 0 heterocycles. The molecule has 0 radical (unpaired) electrons. The molecule has 0 bridgehead atoms. The van der Waals surface area contributed by atoms with Gasteiger partial charge in [0, 0.05) is 5.69 Å². The number of rotatable bonds is 4. The Morgan fingerprint density at radius 2 is 1.81 bits per heavy atom. The van der Waals surface area contributed by atoms with Gasteiger partial charge in [-0.05, 0) is 35.9 Å². The van der Waals surface area contributed by atoms with Gasteiger partial charge in [-0.25, -0.2) is 13.6 Å². The first-order valence-corrected chi connectivity index (χ1v) is 6.03. The lowest BCUT2D eigenvalue weighted by atomic mass is 10.1. The molecule has 0 aliphatic carbocycles. The standard InChI is InChI=1S/C15H11F2NO3/c16-12-5-4-9(6-13(12)17)7-14(19)18-11-3-1-2-10(8-11)15(20)21/h1-6,8H,7H2,(H,18,19)(H,20,21). The van der Waals surface area contributed by atoms with Crippen molar-refractivity contribution in [2.24, 2.45) is 0 Å². The molecule has 0 unspecified atom stereocenters.